The summed E-state index contributed by atoms with van der Waals surface area (Å²) < 4.78 is 0. The fraction of sp³-hybridized carbons (Fsp3) is 0. The van der Waals surface area contributed by atoms with E-state index in [1.165, 1.54) is 6.21 Å². The van der Waals surface area contributed by atoms with Crippen molar-refractivity contribution in [1.82, 2.24) is 9.97 Å². The minimum absolute atomic E-state index is 0.403. The zero-order valence-corrected chi connectivity index (χ0v) is 4.60. The molecule has 0 aliphatic rings. The van der Waals surface area contributed by atoms with E-state index in [9.17, 15) is 0 Å². The molecule has 0 aliphatic heterocycles. The molecule has 0 atom stereocenters. The molecule has 9 heavy (non-hydrogen) atoms. The van der Waals surface area contributed by atoms with Crippen molar-refractivity contribution in [3.63, 3.8) is 0 Å². The van der Waals surface area contributed by atoms with Crippen LogP contribution in [-0.4, -0.2) is 21.4 Å². The second kappa shape index (κ2) is 2.76. The molecule has 0 unspecified atom stereocenters. The van der Waals surface area contributed by atoms with Gasteiger partial charge in [-0.15, -0.1) is 0 Å². The van der Waals surface area contributed by atoms with Crippen molar-refractivity contribution in [1.29, 1.82) is 0 Å². The fourth-order valence-corrected chi connectivity index (χ4v) is 0.429. The van der Waals surface area contributed by atoms with Crippen LogP contribution in [0.2, 0.25) is 0 Å². The van der Waals surface area contributed by atoms with E-state index in [1.54, 1.807) is 18.5 Å². The van der Waals surface area contributed by atoms with Crippen molar-refractivity contribution in [3.05, 3.63) is 24.3 Å². The van der Waals surface area contributed by atoms with Gasteiger partial charge in [0, 0.05) is 12.4 Å². The monoisotopic (exact) mass is 123 g/mol. The maximum atomic E-state index is 8.01. The van der Waals surface area contributed by atoms with E-state index >= 15 is 0 Å². The predicted molar refractivity (Wildman–Crippen MR) is 31.4 cm³/mol. The zero-order valence-electron chi connectivity index (χ0n) is 4.60. The highest BCUT2D eigenvalue weighted by atomic mass is 16.4. The molecule has 1 N–H and O–H groups in total. The SMILES string of the molecule is O/N=C/c1ncccn1. The molecular formula is C5H5N3O. The van der Waals surface area contributed by atoms with Gasteiger partial charge >= 0.3 is 0 Å². The lowest BCUT2D eigenvalue weighted by Crippen LogP contribution is -1.89. The molecular weight excluding hydrogens is 118 g/mol. The second-order valence-corrected chi connectivity index (χ2v) is 1.35. The van der Waals surface area contributed by atoms with Gasteiger partial charge in [0.05, 0.1) is 0 Å². The Morgan fingerprint density at radius 1 is 1.44 bits per heavy atom. The summed E-state index contributed by atoms with van der Waals surface area (Å²) in [5.74, 6) is 0.403. The molecule has 0 amide bonds. The van der Waals surface area contributed by atoms with Crippen molar-refractivity contribution in [2.45, 2.75) is 0 Å². The molecule has 0 radical (unpaired) electrons. The summed E-state index contributed by atoms with van der Waals surface area (Å²) in [6.07, 6.45) is 4.31. The summed E-state index contributed by atoms with van der Waals surface area (Å²) in [5.41, 5.74) is 0. The Hall–Kier alpha value is -1.45. The quantitative estimate of drug-likeness (QED) is 0.331. The van der Waals surface area contributed by atoms with Crippen molar-refractivity contribution in [2.24, 2.45) is 5.16 Å². The van der Waals surface area contributed by atoms with E-state index in [0.29, 0.717) is 5.82 Å². The van der Waals surface area contributed by atoms with E-state index in [-0.39, 0.29) is 0 Å². The Morgan fingerprint density at radius 3 is 2.67 bits per heavy atom. The number of oxime groups is 1. The van der Waals surface area contributed by atoms with Gasteiger partial charge in [-0.25, -0.2) is 9.97 Å². The van der Waals surface area contributed by atoms with E-state index in [2.05, 4.69) is 15.1 Å². The third-order valence-corrected chi connectivity index (χ3v) is 0.759. The summed E-state index contributed by atoms with van der Waals surface area (Å²) in [5, 5.41) is 10.8. The maximum absolute atomic E-state index is 8.01. The standard InChI is InChI=1S/C5H5N3O/c9-8-4-5-6-2-1-3-7-5/h1-4,9H/b8-4+. The number of aromatic nitrogens is 2. The minimum Gasteiger partial charge on any atom is -0.411 e. The second-order valence-electron chi connectivity index (χ2n) is 1.35. The van der Waals surface area contributed by atoms with E-state index in [1.807, 2.05) is 0 Å². The largest absolute Gasteiger partial charge is 0.411 e. The number of hydrogen-bond acceptors (Lipinski definition) is 4. The maximum Gasteiger partial charge on any atom is 0.173 e. The third kappa shape index (κ3) is 1.49. The van der Waals surface area contributed by atoms with Gasteiger partial charge in [-0.1, -0.05) is 5.16 Å². The van der Waals surface area contributed by atoms with E-state index in [4.69, 9.17) is 5.21 Å². The summed E-state index contributed by atoms with van der Waals surface area (Å²) in [6, 6.07) is 1.69. The number of rotatable bonds is 1. The molecule has 0 aliphatic carbocycles. The number of nitrogens with zero attached hydrogens (tertiary/aromatic N) is 3. The van der Waals surface area contributed by atoms with Crippen molar-refractivity contribution >= 4 is 6.21 Å². The van der Waals surface area contributed by atoms with Crippen LogP contribution in [0.3, 0.4) is 0 Å². The molecule has 0 spiro atoms. The third-order valence-electron chi connectivity index (χ3n) is 0.759. The van der Waals surface area contributed by atoms with Crippen LogP contribution in [0.15, 0.2) is 23.6 Å². The van der Waals surface area contributed by atoms with Gasteiger partial charge in [0.25, 0.3) is 0 Å². The van der Waals surface area contributed by atoms with Crippen LogP contribution in [0.1, 0.15) is 5.82 Å². The van der Waals surface area contributed by atoms with Crippen LogP contribution in [0.5, 0.6) is 0 Å². The van der Waals surface area contributed by atoms with Crippen molar-refractivity contribution in [2.75, 3.05) is 0 Å². The minimum atomic E-state index is 0.403. The Morgan fingerprint density at radius 2 is 2.11 bits per heavy atom. The normalized spacial score (nSPS) is 10.2. The summed E-state index contributed by atoms with van der Waals surface area (Å²) in [7, 11) is 0. The average Bonchev–Trinajstić information content (AvgIpc) is 1.91. The Balaban J connectivity index is 2.85. The Labute approximate surface area is 51.9 Å². The van der Waals surface area contributed by atoms with Crippen LogP contribution in [0.4, 0.5) is 0 Å². The van der Waals surface area contributed by atoms with Crippen molar-refractivity contribution in [3.8, 4) is 0 Å². The highest BCUT2D eigenvalue weighted by molar-refractivity contribution is 5.73. The predicted octanol–water partition coefficient (Wildman–Crippen LogP) is 0.285. The molecule has 0 aromatic carbocycles. The zero-order chi connectivity index (χ0) is 6.53. The molecule has 0 saturated carbocycles. The van der Waals surface area contributed by atoms with Gasteiger partial charge in [0.1, 0.15) is 6.21 Å². The van der Waals surface area contributed by atoms with Gasteiger partial charge in [-0.05, 0) is 6.07 Å². The van der Waals surface area contributed by atoms with Gasteiger partial charge in [0.2, 0.25) is 0 Å². The molecule has 4 heteroatoms. The van der Waals surface area contributed by atoms with Gasteiger partial charge in [-0.3, -0.25) is 0 Å². The molecule has 46 valence electrons. The first-order valence-electron chi connectivity index (χ1n) is 2.38. The van der Waals surface area contributed by atoms with Crippen LogP contribution >= 0.6 is 0 Å². The average molecular weight is 123 g/mol. The summed E-state index contributed by atoms with van der Waals surface area (Å²) >= 11 is 0. The first-order valence-corrected chi connectivity index (χ1v) is 2.38. The fourth-order valence-electron chi connectivity index (χ4n) is 0.429. The lowest BCUT2D eigenvalue weighted by atomic mass is 10.6. The van der Waals surface area contributed by atoms with Gasteiger partial charge < -0.3 is 5.21 Å². The van der Waals surface area contributed by atoms with Gasteiger partial charge in [-0.2, -0.15) is 0 Å². The highest BCUT2D eigenvalue weighted by Gasteiger charge is 1.83. The van der Waals surface area contributed by atoms with Crippen molar-refractivity contribution < 1.29 is 5.21 Å². The Kier molecular flexibility index (Phi) is 1.74. The summed E-state index contributed by atoms with van der Waals surface area (Å²) in [6.45, 7) is 0. The molecule has 1 rings (SSSR count). The molecule has 4 nitrogen and oxygen atoms in total. The van der Waals surface area contributed by atoms with Crippen LogP contribution in [-0.2, 0) is 0 Å². The molecule has 0 saturated heterocycles. The smallest absolute Gasteiger partial charge is 0.173 e. The van der Waals surface area contributed by atoms with Gasteiger partial charge in [0.15, 0.2) is 5.82 Å². The molecule has 0 fully saturated rings. The molecule has 1 heterocycles. The van der Waals surface area contributed by atoms with Crippen LogP contribution in [0.25, 0.3) is 0 Å². The summed E-state index contributed by atoms with van der Waals surface area (Å²) in [4.78, 5) is 7.50. The molecule has 1 aromatic rings. The van der Waals surface area contributed by atoms with E-state index in [0.717, 1.165) is 0 Å². The van der Waals surface area contributed by atoms with Crippen LogP contribution in [0, 0.1) is 0 Å². The topological polar surface area (TPSA) is 58.4 Å². The molecule has 1 aromatic heterocycles. The molecule has 0 bridgehead atoms. The number of hydrogen-bond donors (Lipinski definition) is 1. The van der Waals surface area contributed by atoms with Crippen LogP contribution < -0.4 is 0 Å². The van der Waals surface area contributed by atoms with E-state index < -0.39 is 0 Å². The lowest BCUT2D eigenvalue weighted by molar-refractivity contribution is 0.321. The first kappa shape index (κ1) is 5.68. The highest BCUT2D eigenvalue weighted by Crippen LogP contribution is 1.79. The lowest BCUT2D eigenvalue weighted by Gasteiger charge is -1.83. The first-order chi connectivity index (χ1) is 4.43. The Bertz CT molecular complexity index is 197.